The van der Waals surface area contributed by atoms with Crippen LogP contribution in [0.5, 0.6) is 0 Å². The number of hydrogen-bond acceptors (Lipinski definition) is 0. The highest BCUT2D eigenvalue weighted by molar-refractivity contribution is 4.94. The van der Waals surface area contributed by atoms with Gasteiger partial charge in [-0.25, -0.2) is 4.39 Å². The highest BCUT2D eigenvalue weighted by atomic mass is 19.1. The minimum absolute atomic E-state index is 0.149. The lowest BCUT2D eigenvalue weighted by atomic mass is 9.77. The van der Waals surface area contributed by atoms with Crippen molar-refractivity contribution >= 4 is 0 Å². The number of halogens is 1. The molecule has 0 nitrogen and oxygen atoms in total. The quantitative estimate of drug-likeness (QED) is 0.489. The van der Waals surface area contributed by atoms with Crippen LogP contribution >= 0.6 is 0 Å². The second-order valence-electron chi connectivity index (χ2n) is 4.42. The Kier molecular flexibility index (Phi) is 1.78. The third-order valence-corrected chi connectivity index (χ3v) is 2.74. The molecule has 0 unspecified atom stereocenters. The van der Waals surface area contributed by atoms with Crippen molar-refractivity contribution in [3.8, 4) is 0 Å². The van der Waals surface area contributed by atoms with Gasteiger partial charge >= 0.3 is 0 Å². The fourth-order valence-corrected chi connectivity index (χ4v) is 1.69. The molecule has 0 spiro atoms. The van der Waals surface area contributed by atoms with Crippen molar-refractivity contribution in [3.63, 3.8) is 0 Å². The van der Waals surface area contributed by atoms with Gasteiger partial charge in [-0.15, -0.1) is 0 Å². The lowest BCUT2D eigenvalue weighted by molar-refractivity contribution is 0.0364. The highest BCUT2D eigenvalue weighted by Gasteiger charge is 2.44. The van der Waals surface area contributed by atoms with Gasteiger partial charge < -0.3 is 0 Å². The van der Waals surface area contributed by atoms with Crippen LogP contribution in [-0.4, -0.2) is 5.67 Å². The van der Waals surface area contributed by atoms with Gasteiger partial charge in [-0.3, -0.25) is 0 Å². The summed E-state index contributed by atoms with van der Waals surface area (Å²) in [7, 11) is 0. The van der Waals surface area contributed by atoms with E-state index < -0.39 is 5.67 Å². The van der Waals surface area contributed by atoms with Crippen molar-refractivity contribution in [2.45, 2.75) is 52.1 Å². The summed E-state index contributed by atoms with van der Waals surface area (Å²) in [5.41, 5.74) is -1.02. The van der Waals surface area contributed by atoms with Crippen molar-refractivity contribution in [2.24, 2.45) is 5.41 Å². The molecule has 0 radical (unpaired) electrons. The normalized spacial score (nSPS) is 25.2. The van der Waals surface area contributed by atoms with Crippen LogP contribution in [0.25, 0.3) is 0 Å². The summed E-state index contributed by atoms with van der Waals surface area (Å²) in [4.78, 5) is 0. The van der Waals surface area contributed by atoms with Crippen LogP contribution in [0.15, 0.2) is 0 Å². The second kappa shape index (κ2) is 2.21. The van der Waals surface area contributed by atoms with Gasteiger partial charge in [-0.05, 0) is 18.3 Å². The molecule has 10 heavy (non-hydrogen) atoms. The van der Waals surface area contributed by atoms with Crippen molar-refractivity contribution in [1.82, 2.24) is 0 Å². The summed E-state index contributed by atoms with van der Waals surface area (Å²) in [5.74, 6) is 0. The molecular formula is C9H17F. The zero-order valence-electron chi connectivity index (χ0n) is 7.21. The molecule has 1 saturated carbocycles. The van der Waals surface area contributed by atoms with E-state index in [1.54, 1.807) is 0 Å². The van der Waals surface area contributed by atoms with Crippen molar-refractivity contribution in [1.29, 1.82) is 0 Å². The SMILES string of the molecule is CC(C)(C)C1(F)CCCC1. The van der Waals surface area contributed by atoms with Crippen LogP contribution in [-0.2, 0) is 0 Å². The van der Waals surface area contributed by atoms with Gasteiger partial charge in [0.1, 0.15) is 5.67 Å². The highest BCUT2D eigenvalue weighted by Crippen LogP contribution is 2.46. The second-order valence-corrected chi connectivity index (χ2v) is 4.42. The summed E-state index contributed by atoms with van der Waals surface area (Å²) in [5, 5.41) is 0. The number of alkyl halides is 1. The number of rotatable bonds is 0. The topological polar surface area (TPSA) is 0 Å². The molecular weight excluding hydrogens is 127 g/mol. The Morgan fingerprint density at radius 2 is 1.50 bits per heavy atom. The third-order valence-electron chi connectivity index (χ3n) is 2.74. The van der Waals surface area contributed by atoms with Crippen molar-refractivity contribution in [3.05, 3.63) is 0 Å². The summed E-state index contributed by atoms with van der Waals surface area (Å²) in [6.45, 7) is 6.00. The van der Waals surface area contributed by atoms with Gasteiger partial charge in [0.15, 0.2) is 0 Å². The minimum atomic E-state index is -0.868. The molecule has 1 aliphatic carbocycles. The Hall–Kier alpha value is -0.0700. The third kappa shape index (κ3) is 1.18. The predicted octanol–water partition coefficient (Wildman–Crippen LogP) is 3.31. The van der Waals surface area contributed by atoms with Gasteiger partial charge in [0, 0.05) is 0 Å². The average molecular weight is 144 g/mol. The molecule has 1 heteroatoms. The molecule has 0 bridgehead atoms. The molecule has 0 saturated heterocycles. The minimum Gasteiger partial charge on any atom is -0.243 e. The Balaban J connectivity index is 2.67. The lowest BCUT2D eigenvalue weighted by Gasteiger charge is -2.34. The first-order chi connectivity index (χ1) is 4.46. The van der Waals surface area contributed by atoms with E-state index in [4.69, 9.17) is 0 Å². The molecule has 0 aliphatic heterocycles. The van der Waals surface area contributed by atoms with Crippen LogP contribution in [0.2, 0.25) is 0 Å². The van der Waals surface area contributed by atoms with Crippen molar-refractivity contribution < 1.29 is 4.39 Å². The maximum absolute atomic E-state index is 13.8. The maximum Gasteiger partial charge on any atom is 0.115 e. The average Bonchev–Trinajstić information content (AvgIpc) is 2.13. The van der Waals surface area contributed by atoms with Crippen LogP contribution in [0.4, 0.5) is 4.39 Å². The Morgan fingerprint density at radius 1 is 1.10 bits per heavy atom. The molecule has 1 fully saturated rings. The van der Waals surface area contributed by atoms with Crippen molar-refractivity contribution in [2.75, 3.05) is 0 Å². The Labute approximate surface area is 62.8 Å². The van der Waals surface area contributed by atoms with E-state index in [2.05, 4.69) is 0 Å². The van der Waals surface area contributed by atoms with E-state index in [0.717, 1.165) is 25.7 Å². The summed E-state index contributed by atoms with van der Waals surface area (Å²) < 4.78 is 13.8. The monoisotopic (exact) mass is 144 g/mol. The smallest absolute Gasteiger partial charge is 0.115 e. The molecule has 0 heterocycles. The van der Waals surface area contributed by atoms with Gasteiger partial charge in [-0.1, -0.05) is 33.6 Å². The Morgan fingerprint density at radius 3 is 1.70 bits per heavy atom. The van der Waals surface area contributed by atoms with E-state index in [9.17, 15) is 4.39 Å². The van der Waals surface area contributed by atoms with Crippen LogP contribution in [0, 0.1) is 5.41 Å². The first-order valence-electron chi connectivity index (χ1n) is 4.15. The molecule has 1 rings (SSSR count). The first kappa shape index (κ1) is 8.03. The molecule has 60 valence electrons. The maximum atomic E-state index is 13.8. The molecule has 0 aromatic rings. The van der Waals surface area contributed by atoms with E-state index in [1.165, 1.54) is 0 Å². The van der Waals surface area contributed by atoms with Crippen LogP contribution < -0.4 is 0 Å². The molecule has 0 aromatic heterocycles. The fourth-order valence-electron chi connectivity index (χ4n) is 1.69. The first-order valence-corrected chi connectivity index (χ1v) is 4.15. The van der Waals surface area contributed by atoms with E-state index >= 15 is 0 Å². The van der Waals surface area contributed by atoms with Gasteiger partial charge in [0.25, 0.3) is 0 Å². The molecule has 1 aliphatic rings. The summed E-state index contributed by atoms with van der Waals surface area (Å²) in [6.07, 6.45) is 3.70. The zero-order valence-corrected chi connectivity index (χ0v) is 7.21. The van der Waals surface area contributed by atoms with E-state index in [0.29, 0.717) is 0 Å². The van der Waals surface area contributed by atoms with Crippen LogP contribution in [0.1, 0.15) is 46.5 Å². The van der Waals surface area contributed by atoms with Gasteiger partial charge in [0.2, 0.25) is 0 Å². The standard InChI is InChI=1S/C9H17F/c1-8(2,3)9(10)6-4-5-7-9/h4-7H2,1-3H3. The zero-order chi connectivity index (χ0) is 7.83. The molecule has 0 atom stereocenters. The Bertz CT molecular complexity index is 115. The van der Waals surface area contributed by atoms with Gasteiger partial charge in [-0.2, -0.15) is 0 Å². The van der Waals surface area contributed by atoms with Crippen LogP contribution in [0.3, 0.4) is 0 Å². The van der Waals surface area contributed by atoms with E-state index in [1.807, 2.05) is 20.8 Å². The van der Waals surface area contributed by atoms with E-state index in [-0.39, 0.29) is 5.41 Å². The molecule has 0 N–H and O–H groups in total. The summed E-state index contributed by atoms with van der Waals surface area (Å²) in [6, 6.07) is 0. The molecule has 0 amide bonds. The fraction of sp³-hybridized carbons (Fsp3) is 1.00. The van der Waals surface area contributed by atoms with Gasteiger partial charge in [0.05, 0.1) is 0 Å². The molecule has 0 aromatic carbocycles. The predicted molar refractivity (Wildman–Crippen MR) is 41.8 cm³/mol. The largest absolute Gasteiger partial charge is 0.243 e. The lowest BCUT2D eigenvalue weighted by Crippen LogP contribution is -2.35. The number of hydrogen-bond donors (Lipinski definition) is 0. The summed E-state index contributed by atoms with van der Waals surface area (Å²) >= 11 is 0.